The lowest BCUT2D eigenvalue weighted by molar-refractivity contribution is -0.140. The molecule has 1 spiro atoms. The Morgan fingerprint density at radius 2 is 1.90 bits per heavy atom. The summed E-state index contributed by atoms with van der Waals surface area (Å²) in [7, 11) is -3.43. The lowest BCUT2D eigenvalue weighted by atomic mass is 9.68. The van der Waals surface area contributed by atoms with E-state index in [1.54, 1.807) is 4.31 Å². The van der Waals surface area contributed by atoms with Crippen molar-refractivity contribution >= 4 is 31.9 Å². The van der Waals surface area contributed by atoms with Crippen molar-refractivity contribution in [1.29, 1.82) is 0 Å². The molecule has 5 rings (SSSR count). The first-order valence-corrected chi connectivity index (χ1v) is 17.1. The fourth-order valence-electron chi connectivity index (χ4n) is 7.27. The molecule has 1 aliphatic carbocycles. The number of fused-ring (bicyclic) bond motifs is 2. The number of amides is 1. The maximum atomic E-state index is 14.7. The van der Waals surface area contributed by atoms with Crippen LogP contribution in [-0.2, 0) is 33.2 Å². The van der Waals surface area contributed by atoms with E-state index in [1.165, 1.54) is 43.9 Å². The van der Waals surface area contributed by atoms with Crippen LogP contribution in [0, 0.1) is 11.8 Å². The van der Waals surface area contributed by atoms with Gasteiger partial charge in [0.05, 0.1) is 12.2 Å². The second-order valence-electron chi connectivity index (χ2n) is 11.9. The monoisotopic (exact) mass is 615 g/mol. The third-order valence-corrected chi connectivity index (χ3v) is 11.1. The molecule has 1 amide bonds. The van der Waals surface area contributed by atoms with Crippen molar-refractivity contribution in [3.8, 4) is 0 Å². The minimum absolute atomic E-state index is 0.171. The van der Waals surface area contributed by atoms with Crippen molar-refractivity contribution in [2.24, 2.45) is 11.8 Å². The number of hydrogen-bond donors (Lipinski definition) is 1. The fourth-order valence-corrected chi connectivity index (χ4v) is 8.52. The predicted molar refractivity (Wildman–Crippen MR) is 160 cm³/mol. The average molecular weight is 617 g/mol. The lowest BCUT2D eigenvalue weighted by Gasteiger charge is -2.46. The quantitative estimate of drug-likeness (QED) is 0.448. The van der Waals surface area contributed by atoms with E-state index in [1.807, 2.05) is 18.2 Å². The first-order valence-electron chi connectivity index (χ1n) is 14.5. The SMILES string of the molecule is CC(C1CCCCC1)N(CCCc1ccccc1)C(=O)C1CNCC12CN(S(C)(=O)=O)Cc1cc(Br)ccc12. The van der Waals surface area contributed by atoms with Crippen LogP contribution in [0.4, 0.5) is 0 Å². The Kier molecular flexibility index (Phi) is 8.86. The summed E-state index contributed by atoms with van der Waals surface area (Å²) in [6.07, 6.45) is 9.25. The summed E-state index contributed by atoms with van der Waals surface area (Å²) >= 11 is 3.58. The van der Waals surface area contributed by atoms with Crippen molar-refractivity contribution < 1.29 is 13.2 Å². The number of hydrogen-bond acceptors (Lipinski definition) is 4. The van der Waals surface area contributed by atoms with Crippen molar-refractivity contribution in [3.63, 3.8) is 0 Å². The van der Waals surface area contributed by atoms with Gasteiger partial charge in [0.25, 0.3) is 0 Å². The molecule has 2 aromatic carbocycles. The van der Waals surface area contributed by atoms with Crippen LogP contribution in [0.5, 0.6) is 0 Å². The molecular formula is C31H42BrN3O3S. The standard InChI is InChI=1S/C31H42BrN3O3S/c1-23(25-13-7-4-8-14-25)35(17-9-12-24-10-5-3-6-11-24)30(36)29-19-33-21-31(29)22-34(39(2,37)38)20-26-18-27(32)15-16-28(26)31/h3,5-6,10-11,15-16,18,23,25,29,33H,4,7-9,12-14,17,19-22H2,1-2H3. The number of nitrogens with zero attached hydrogens (tertiary/aromatic N) is 2. The van der Waals surface area contributed by atoms with E-state index in [0.717, 1.165) is 35.0 Å². The van der Waals surface area contributed by atoms with Gasteiger partial charge >= 0.3 is 0 Å². The summed E-state index contributed by atoms with van der Waals surface area (Å²) < 4.78 is 28.1. The van der Waals surface area contributed by atoms with Gasteiger partial charge in [-0.25, -0.2) is 8.42 Å². The molecular weight excluding hydrogens is 574 g/mol. The molecule has 6 nitrogen and oxygen atoms in total. The highest BCUT2D eigenvalue weighted by atomic mass is 79.9. The van der Waals surface area contributed by atoms with Crippen LogP contribution in [0.25, 0.3) is 0 Å². The zero-order chi connectivity index (χ0) is 27.6. The van der Waals surface area contributed by atoms with Gasteiger partial charge in [0.15, 0.2) is 0 Å². The van der Waals surface area contributed by atoms with Gasteiger partial charge in [0.2, 0.25) is 15.9 Å². The topological polar surface area (TPSA) is 69.7 Å². The molecule has 0 radical (unpaired) electrons. The highest BCUT2D eigenvalue weighted by Crippen LogP contribution is 2.44. The fraction of sp³-hybridized carbons (Fsp3) is 0.581. The molecule has 39 heavy (non-hydrogen) atoms. The molecule has 2 heterocycles. The third-order valence-electron chi connectivity index (χ3n) is 9.45. The Morgan fingerprint density at radius 1 is 1.15 bits per heavy atom. The first-order chi connectivity index (χ1) is 18.7. The summed E-state index contributed by atoms with van der Waals surface area (Å²) in [6, 6.07) is 16.8. The van der Waals surface area contributed by atoms with Crippen molar-refractivity contribution in [2.75, 3.05) is 32.4 Å². The Hall–Kier alpha value is -1.74. The van der Waals surface area contributed by atoms with Gasteiger partial charge in [-0.1, -0.05) is 71.6 Å². The van der Waals surface area contributed by atoms with Crippen LogP contribution in [-0.4, -0.2) is 62.0 Å². The van der Waals surface area contributed by atoms with Crippen molar-refractivity contribution in [1.82, 2.24) is 14.5 Å². The van der Waals surface area contributed by atoms with E-state index in [-0.39, 0.29) is 17.9 Å². The highest BCUT2D eigenvalue weighted by Gasteiger charge is 2.54. The molecule has 2 aromatic rings. The largest absolute Gasteiger partial charge is 0.339 e. The van der Waals surface area contributed by atoms with Gasteiger partial charge < -0.3 is 10.2 Å². The van der Waals surface area contributed by atoms with Crippen LogP contribution in [0.1, 0.15) is 62.1 Å². The first kappa shape index (κ1) is 28.8. The molecule has 1 saturated heterocycles. The minimum atomic E-state index is -3.43. The summed E-state index contributed by atoms with van der Waals surface area (Å²) in [5.74, 6) is 0.381. The average Bonchev–Trinajstić information content (AvgIpc) is 3.34. The zero-order valence-corrected chi connectivity index (χ0v) is 25.6. The normalized spacial score (nSPS) is 24.9. The van der Waals surface area contributed by atoms with Crippen LogP contribution < -0.4 is 5.32 Å². The van der Waals surface area contributed by atoms with Crippen LogP contribution in [0.3, 0.4) is 0 Å². The van der Waals surface area contributed by atoms with E-state index in [9.17, 15) is 13.2 Å². The third kappa shape index (κ3) is 6.14. The van der Waals surface area contributed by atoms with Gasteiger partial charge in [-0.2, -0.15) is 4.31 Å². The zero-order valence-electron chi connectivity index (χ0n) is 23.2. The van der Waals surface area contributed by atoms with E-state index in [4.69, 9.17) is 0 Å². The number of nitrogens with one attached hydrogen (secondary N) is 1. The van der Waals surface area contributed by atoms with E-state index < -0.39 is 15.4 Å². The Balaban J connectivity index is 1.47. The maximum absolute atomic E-state index is 14.7. The number of halogens is 1. The number of sulfonamides is 1. The Bertz CT molecular complexity index is 1270. The number of aryl methyl sites for hydroxylation is 1. The summed E-state index contributed by atoms with van der Waals surface area (Å²) in [4.78, 5) is 16.9. The van der Waals surface area contributed by atoms with Gasteiger partial charge in [0.1, 0.15) is 0 Å². The molecule has 3 atom stereocenters. The molecule has 3 unspecified atom stereocenters. The predicted octanol–water partition coefficient (Wildman–Crippen LogP) is 5.11. The highest BCUT2D eigenvalue weighted by molar-refractivity contribution is 9.10. The molecule has 212 valence electrons. The lowest BCUT2D eigenvalue weighted by Crippen LogP contribution is -2.57. The van der Waals surface area contributed by atoms with Crippen LogP contribution >= 0.6 is 15.9 Å². The number of carbonyl (C=O) groups is 1. The number of carbonyl (C=O) groups excluding carboxylic acids is 1. The van der Waals surface area contributed by atoms with Gasteiger partial charge in [0, 0.05) is 48.7 Å². The smallest absolute Gasteiger partial charge is 0.228 e. The molecule has 2 fully saturated rings. The number of benzene rings is 2. The molecule has 1 N–H and O–H groups in total. The van der Waals surface area contributed by atoms with E-state index in [2.05, 4.69) is 63.4 Å². The van der Waals surface area contributed by atoms with Gasteiger partial charge in [-0.05, 0) is 67.3 Å². The van der Waals surface area contributed by atoms with E-state index >= 15 is 0 Å². The molecule has 8 heteroatoms. The number of rotatable bonds is 8. The molecule has 1 saturated carbocycles. The maximum Gasteiger partial charge on any atom is 0.228 e. The second-order valence-corrected chi connectivity index (χ2v) is 14.8. The molecule has 2 aliphatic heterocycles. The van der Waals surface area contributed by atoms with Gasteiger partial charge in [-0.15, -0.1) is 0 Å². The van der Waals surface area contributed by atoms with Crippen molar-refractivity contribution in [2.45, 2.75) is 69.9 Å². The Labute approximate surface area is 242 Å². The molecule has 0 aromatic heterocycles. The Morgan fingerprint density at radius 3 is 2.62 bits per heavy atom. The molecule has 3 aliphatic rings. The van der Waals surface area contributed by atoms with Crippen LogP contribution in [0.15, 0.2) is 53.0 Å². The molecule has 0 bridgehead atoms. The van der Waals surface area contributed by atoms with Crippen LogP contribution in [0.2, 0.25) is 0 Å². The second kappa shape index (κ2) is 12.0. The minimum Gasteiger partial charge on any atom is -0.339 e. The summed E-state index contributed by atoms with van der Waals surface area (Å²) in [6.45, 7) is 4.81. The van der Waals surface area contributed by atoms with E-state index in [0.29, 0.717) is 32.1 Å². The van der Waals surface area contributed by atoms with Gasteiger partial charge in [-0.3, -0.25) is 4.79 Å². The summed E-state index contributed by atoms with van der Waals surface area (Å²) in [5.41, 5.74) is 2.81. The van der Waals surface area contributed by atoms with Crippen molar-refractivity contribution in [3.05, 3.63) is 69.7 Å². The summed E-state index contributed by atoms with van der Waals surface area (Å²) in [5, 5.41) is 3.52.